The average Bonchev–Trinajstić information content (AvgIpc) is 3.05. The third kappa shape index (κ3) is 4.30. The molecule has 22 heavy (non-hydrogen) atoms. The molecule has 2 aromatic rings. The molecular weight excluding hydrogens is 298 g/mol. The third-order valence-corrected chi connectivity index (χ3v) is 3.96. The topological polar surface area (TPSA) is 46.6 Å². The summed E-state index contributed by atoms with van der Waals surface area (Å²) in [5.41, 5.74) is 1.34. The molecule has 114 valence electrons. The maximum absolute atomic E-state index is 12.0. The van der Waals surface area contributed by atoms with Gasteiger partial charge in [0.2, 0.25) is 5.91 Å². The number of benzene rings is 1. The van der Waals surface area contributed by atoms with Crippen molar-refractivity contribution < 1.29 is 14.3 Å². The van der Waals surface area contributed by atoms with E-state index in [9.17, 15) is 9.59 Å². The number of amides is 1. The van der Waals surface area contributed by atoms with Crippen LogP contribution in [0.15, 0.2) is 47.9 Å². The van der Waals surface area contributed by atoms with E-state index < -0.39 is 0 Å². The van der Waals surface area contributed by atoms with Crippen LogP contribution >= 0.6 is 11.3 Å². The molecule has 0 atom stereocenters. The van der Waals surface area contributed by atoms with Gasteiger partial charge in [-0.1, -0.05) is 18.2 Å². The lowest BCUT2D eigenvalue weighted by Crippen LogP contribution is -2.23. The quantitative estimate of drug-likeness (QED) is 0.629. The number of likely N-dealkylation sites (N-methyl/N-ethyl adjacent to an activating group) is 1. The molecule has 0 bridgehead atoms. The van der Waals surface area contributed by atoms with Crippen molar-refractivity contribution >= 4 is 29.3 Å². The Bertz CT molecular complexity index is 660. The van der Waals surface area contributed by atoms with Gasteiger partial charge in [-0.25, -0.2) is 4.79 Å². The summed E-state index contributed by atoms with van der Waals surface area (Å²) in [6, 6.07) is 10.9. The van der Waals surface area contributed by atoms with E-state index >= 15 is 0 Å². The van der Waals surface area contributed by atoms with Crippen LogP contribution in [0, 0.1) is 0 Å². The predicted molar refractivity (Wildman–Crippen MR) is 87.6 cm³/mol. The highest BCUT2D eigenvalue weighted by atomic mass is 32.1. The average molecular weight is 315 g/mol. The Balaban J connectivity index is 1.95. The van der Waals surface area contributed by atoms with Crippen LogP contribution in [0.1, 0.15) is 20.8 Å². The molecule has 5 heteroatoms. The zero-order chi connectivity index (χ0) is 15.9. The van der Waals surface area contributed by atoms with E-state index in [2.05, 4.69) is 4.74 Å². The van der Waals surface area contributed by atoms with E-state index in [1.807, 2.05) is 17.5 Å². The van der Waals surface area contributed by atoms with Crippen molar-refractivity contribution in [3.05, 3.63) is 63.9 Å². The van der Waals surface area contributed by atoms with E-state index in [4.69, 9.17) is 0 Å². The summed E-state index contributed by atoms with van der Waals surface area (Å²) < 4.78 is 4.64. The maximum atomic E-state index is 12.0. The molecule has 0 aliphatic heterocycles. The Morgan fingerprint density at radius 3 is 2.55 bits per heavy atom. The molecule has 4 nitrogen and oxygen atoms in total. The van der Waals surface area contributed by atoms with E-state index in [1.54, 1.807) is 53.6 Å². The second-order valence-corrected chi connectivity index (χ2v) is 5.75. The maximum Gasteiger partial charge on any atom is 0.337 e. The normalized spacial score (nSPS) is 10.6. The molecule has 0 aliphatic rings. The molecule has 1 amide bonds. The highest BCUT2D eigenvalue weighted by molar-refractivity contribution is 7.09. The van der Waals surface area contributed by atoms with Crippen molar-refractivity contribution in [2.75, 3.05) is 14.2 Å². The lowest BCUT2D eigenvalue weighted by Gasteiger charge is -2.13. The summed E-state index contributed by atoms with van der Waals surface area (Å²) >= 11 is 1.63. The van der Waals surface area contributed by atoms with Gasteiger partial charge < -0.3 is 9.64 Å². The van der Waals surface area contributed by atoms with Gasteiger partial charge in [-0.15, -0.1) is 11.3 Å². The second kappa shape index (κ2) is 7.56. The molecule has 0 N–H and O–H groups in total. The van der Waals surface area contributed by atoms with E-state index in [0.717, 1.165) is 10.4 Å². The molecule has 0 radical (unpaired) electrons. The number of rotatable bonds is 5. The molecule has 1 heterocycles. The summed E-state index contributed by atoms with van der Waals surface area (Å²) in [6.45, 7) is 0.599. The number of thiophene rings is 1. The highest BCUT2D eigenvalue weighted by Gasteiger charge is 2.07. The zero-order valence-corrected chi connectivity index (χ0v) is 13.3. The standard InChI is InChI=1S/C17H17NO3S/c1-18(12-15-4-3-11-22-15)16(19)10-7-13-5-8-14(9-6-13)17(20)21-2/h3-11H,12H2,1-2H3/b10-7+. The molecule has 0 spiro atoms. The Labute approximate surface area is 133 Å². The van der Waals surface area contributed by atoms with Gasteiger partial charge in [-0.2, -0.15) is 0 Å². The molecule has 1 aromatic carbocycles. The summed E-state index contributed by atoms with van der Waals surface area (Å²) in [4.78, 5) is 26.2. The Hall–Kier alpha value is -2.40. The molecule has 2 rings (SSSR count). The molecule has 0 aliphatic carbocycles. The number of carbonyl (C=O) groups is 2. The van der Waals surface area contributed by atoms with Gasteiger partial charge >= 0.3 is 5.97 Å². The Kier molecular flexibility index (Phi) is 5.49. The number of hydrogen-bond acceptors (Lipinski definition) is 4. The lowest BCUT2D eigenvalue weighted by molar-refractivity contribution is -0.125. The molecule has 1 aromatic heterocycles. The van der Waals surface area contributed by atoms with Gasteiger partial charge in [0.1, 0.15) is 0 Å². The minimum Gasteiger partial charge on any atom is -0.465 e. The van der Waals surface area contributed by atoms with Gasteiger partial charge in [0.15, 0.2) is 0 Å². The van der Waals surface area contributed by atoms with Gasteiger partial charge in [0.05, 0.1) is 19.2 Å². The fourth-order valence-electron chi connectivity index (χ4n) is 1.86. The van der Waals surface area contributed by atoms with E-state index in [1.165, 1.54) is 13.2 Å². The van der Waals surface area contributed by atoms with E-state index in [0.29, 0.717) is 12.1 Å². The molecule has 0 fully saturated rings. The van der Waals surface area contributed by atoms with Crippen LogP contribution in [0.25, 0.3) is 6.08 Å². The molecule has 0 unspecified atom stereocenters. The van der Waals surface area contributed by atoms with E-state index in [-0.39, 0.29) is 11.9 Å². The first-order valence-corrected chi connectivity index (χ1v) is 7.62. The summed E-state index contributed by atoms with van der Waals surface area (Å²) in [6.07, 6.45) is 3.26. The predicted octanol–water partition coefficient (Wildman–Crippen LogP) is 3.21. The zero-order valence-electron chi connectivity index (χ0n) is 12.5. The lowest BCUT2D eigenvalue weighted by atomic mass is 10.1. The molecular formula is C17H17NO3S. The van der Waals surface area contributed by atoms with Crippen LogP contribution in [0.5, 0.6) is 0 Å². The van der Waals surface area contributed by atoms with Gasteiger partial charge in [0.25, 0.3) is 0 Å². The smallest absolute Gasteiger partial charge is 0.337 e. The van der Waals surface area contributed by atoms with Crippen LogP contribution in [-0.4, -0.2) is 30.9 Å². The Morgan fingerprint density at radius 1 is 1.23 bits per heavy atom. The monoisotopic (exact) mass is 315 g/mol. The number of ether oxygens (including phenoxy) is 1. The van der Waals surface area contributed by atoms with Gasteiger partial charge in [-0.3, -0.25) is 4.79 Å². The van der Waals surface area contributed by atoms with Crippen molar-refractivity contribution in [2.45, 2.75) is 6.54 Å². The minimum absolute atomic E-state index is 0.0644. The van der Waals surface area contributed by atoms with Gasteiger partial charge in [-0.05, 0) is 35.2 Å². The second-order valence-electron chi connectivity index (χ2n) is 4.72. The largest absolute Gasteiger partial charge is 0.465 e. The van der Waals surface area contributed by atoms with Crippen LogP contribution in [0.3, 0.4) is 0 Å². The third-order valence-electron chi connectivity index (χ3n) is 3.10. The summed E-state index contributed by atoms with van der Waals surface area (Å²) in [7, 11) is 3.12. The van der Waals surface area contributed by atoms with Crippen LogP contribution < -0.4 is 0 Å². The fraction of sp³-hybridized carbons (Fsp3) is 0.176. The number of esters is 1. The summed E-state index contributed by atoms with van der Waals surface area (Å²) in [5, 5.41) is 1.99. The van der Waals surface area contributed by atoms with Crippen molar-refractivity contribution in [1.29, 1.82) is 0 Å². The van der Waals surface area contributed by atoms with Crippen molar-refractivity contribution in [1.82, 2.24) is 4.90 Å². The fourth-order valence-corrected chi connectivity index (χ4v) is 2.61. The molecule has 0 saturated heterocycles. The van der Waals surface area contributed by atoms with Crippen molar-refractivity contribution in [3.63, 3.8) is 0 Å². The number of methoxy groups -OCH3 is 1. The van der Waals surface area contributed by atoms with Crippen LogP contribution in [0.2, 0.25) is 0 Å². The van der Waals surface area contributed by atoms with Crippen molar-refractivity contribution in [3.8, 4) is 0 Å². The number of carbonyl (C=O) groups excluding carboxylic acids is 2. The van der Waals surface area contributed by atoms with Crippen LogP contribution in [0.4, 0.5) is 0 Å². The first-order chi connectivity index (χ1) is 10.6. The Morgan fingerprint density at radius 2 is 1.95 bits per heavy atom. The minimum atomic E-state index is -0.373. The molecule has 0 saturated carbocycles. The highest BCUT2D eigenvalue weighted by Crippen LogP contribution is 2.12. The summed E-state index contributed by atoms with van der Waals surface area (Å²) in [5.74, 6) is -0.437. The number of nitrogens with zero attached hydrogens (tertiary/aromatic N) is 1. The van der Waals surface area contributed by atoms with Crippen LogP contribution in [-0.2, 0) is 16.1 Å². The van der Waals surface area contributed by atoms with Crippen molar-refractivity contribution in [2.24, 2.45) is 0 Å². The first kappa shape index (κ1) is 16.0. The SMILES string of the molecule is COC(=O)c1ccc(/C=C/C(=O)N(C)Cc2cccs2)cc1. The first-order valence-electron chi connectivity index (χ1n) is 6.74. The van der Waals surface area contributed by atoms with Gasteiger partial charge in [0, 0.05) is 18.0 Å². The number of hydrogen-bond donors (Lipinski definition) is 0.